The number of nitrogens with zero attached hydrogens (tertiary/aromatic N) is 1. The Morgan fingerprint density at radius 2 is 1.95 bits per heavy atom. The molecule has 0 aromatic heterocycles. The molecular weight excluding hydrogens is 306 g/mol. The Kier molecular flexibility index (Phi) is 5.03. The second-order valence-electron chi connectivity index (χ2n) is 6.04. The number of rotatable bonds is 3. The number of carbonyl (C=O) groups excluding carboxylic acids is 1. The Hall–Kier alpha value is -1.66. The van der Waals surface area contributed by atoms with Gasteiger partial charge in [0.05, 0.1) is 4.92 Å². The van der Waals surface area contributed by atoms with Crippen LogP contribution in [0.2, 0.25) is 0 Å². The van der Waals surface area contributed by atoms with E-state index in [-0.39, 0.29) is 30.0 Å². The molecule has 0 spiro atoms. The lowest BCUT2D eigenvalue weighted by Crippen LogP contribution is -2.48. The predicted octanol–water partition coefficient (Wildman–Crippen LogP) is 2.34. The number of amides is 1. The van der Waals surface area contributed by atoms with Crippen LogP contribution in [0.3, 0.4) is 0 Å². The predicted molar refractivity (Wildman–Crippen MR) is 85.5 cm³/mol. The molecule has 2 saturated heterocycles. The van der Waals surface area contributed by atoms with E-state index in [9.17, 15) is 14.9 Å². The van der Waals surface area contributed by atoms with Gasteiger partial charge in [0.25, 0.3) is 11.6 Å². The number of hydrogen-bond acceptors (Lipinski definition) is 4. The first-order chi connectivity index (χ1) is 10.0. The normalized spacial score (nSPS) is 26.1. The van der Waals surface area contributed by atoms with Gasteiger partial charge in [0.15, 0.2) is 0 Å². The summed E-state index contributed by atoms with van der Waals surface area (Å²) in [5, 5.41) is 17.4. The molecule has 22 heavy (non-hydrogen) atoms. The van der Waals surface area contributed by atoms with E-state index < -0.39 is 4.92 Å². The van der Waals surface area contributed by atoms with Gasteiger partial charge in [-0.3, -0.25) is 14.9 Å². The minimum absolute atomic E-state index is 0. The summed E-state index contributed by atoms with van der Waals surface area (Å²) in [4.78, 5) is 22.8. The Labute approximate surface area is 135 Å². The summed E-state index contributed by atoms with van der Waals surface area (Å²) >= 11 is 0. The van der Waals surface area contributed by atoms with Crippen LogP contribution in [0.25, 0.3) is 0 Å². The Balaban J connectivity index is 0.00000176. The van der Waals surface area contributed by atoms with Crippen LogP contribution < -0.4 is 10.6 Å². The molecule has 2 bridgehead atoms. The first kappa shape index (κ1) is 16.7. The van der Waals surface area contributed by atoms with Crippen LogP contribution in [0.4, 0.5) is 5.69 Å². The molecule has 2 aliphatic heterocycles. The molecule has 120 valence electrons. The van der Waals surface area contributed by atoms with Gasteiger partial charge in [-0.25, -0.2) is 0 Å². The molecule has 1 aromatic carbocycles. The highest BCUT2D eigenvalue weighted by molar-refractivity contribution is 5.96. The van der Waals surface area contributed by atoms with Crippen molar-refractivity contribution < 1.29 is 9.72 Å². The highest BCUT2D eigenvalue weighted by atomic mass is 35.5. The van der Waals surface area contributed by atoms with Gasteiger partial charge in [-0.1, -0.05) is 6.07 Å². The maximum absolute atomic E-state index is 12.4. The van der Waals surface area contributed by atoms with Crippen LogP contribution in [0.1, 0.15) is 41.6 Å². The highest BCUT2D eigenvalue weighted by Gasteiger charge is 2.34. The van der Waals surface area contributed by atoms with Crippen molar-refractivity contribution in [3.05, 3.63) is 39.4 Å². The zero-order valence-corrected chi connectivity index (χ0v) is 13.2. The van der Waals surface area contributed by atoms with E-state index in [0.717, 1.165) is 18.4 Å². The summed E-state index contributed by atoms with van der Waals surface area (Å²) < 4.78 is 0. The van der Waals surface area contributed by atoms with Crippen molar-refractivity contribution in [3.63, 3.8) is 0 Å². The van der Waals surface area contributed by atoms with Crippen LogP contribution in [0, 0.1) is 17.0 Å². The summed E-state index contributed by atoms with van der Waals surface area (Å²) in [6.07, 6.45) is 4.23. The summed E-state index contributed by atoms with van der Waals surface area (Å²) in [6, 6.07) is 5.58. The summed E-state index contributed by atoms with van der Waals surface area (Å²) in [5.41, 5.74) is 1.11. The van der Waals surface area contributed by atoms with Gasteiger partial charge < -0.3 is 10.6 Å². The third kappa shape index (κ3) is 3.39. The van der Waals surface area contributed by atoms with Gasteiger partial charge in [0.1, 0.15) is 0 Å². The number of fused-ring (bicyclic) bond motifs is 2. The maximum Gasteiger partial charge on any atom is 0.270 e. The second kappa shape index (κ2) is 6.62. The van der Waals surface area contributed by atoms with Crippen molar-refractivity contribution in [1.82, 2.24) is 10.6 Å². The van der Waals surface area contributed by atoms with E-state index in [2.05, 4.69) is 10.6 Å². The molecule has 6 nitrogen and oxygen atoms in total. The third-order valence-electron chi connectivity index (χ3n) is 4.48. The van der Waals surface area contributed by atoms with Crippen molar-refractivity contribution in [2.75, 3.05) is 0 Å². The fourth-order valence-corrected chi connectivity index (χ4v) is 3.41. The average molecular weight is 326 g/mol. The summed E-state index contributed by atoms with van der Waals surface area (Å²) in [7, 11) is 0. The van der Waals surface area contributed by atoms with Gasteiger partial charge in [-0.05, 0) is 38.2 Å². The SMILES string of the molecule is Cc1ccc([N+](=O)[O-])cc1C(=O)NC1CC2CCC(C1)N2.Cl. The van der Waals surface area contributed by atoms with Crippen molar-refractivity contribution in [2.45, 2.75) is 50.7 Å². The maximum atomic E-state index is 12.4. The number of carbonyl (C=O) groups is 1. The number of aryl methyl sites for hydroxylation is 1. The molecule has 1 amide bonds. The van der Waals surface area contributed by atoms with E-state index >= 15 is 0 Å². The van der Waals surface area contributed by atoms with Crippen molar-refractivity contribution in [1.29, 1.82) is 0 Å². The average Bonchev–Trinajstić information content (AvgIpc) is 2.78. The molecule has 2 unspecified atom stereocenters. The second-order valence-corrected chi connectivity index (χ2v) is 6.04. The number of halogens is 1. The molecule has 0 radical (unpaired) electrons. The van der Waals surface area contributed by atoms with Gasteiger partial charge in [-0.15, -0.1) is 12.4 Å². The lowest BCUT2D eigenvalue weighted by atomic mass is 9.99. The number of nitro benzene ring substituents is 1. The molecule has 1 aromatic rings. The fraction of sp³-hybridized carbons (Fsp3) is 0.533. The van der Waals surface area contributed by atoms with Gasteiger partial charge in [0.2, 0.25) is 0 Å². The summed E-state index contributed by atoms with van der Waals surface area (Å²) in [5.74, 6) is -0.206. The first-order valence-corrected chi connectivity index (χ1v) is 7.35. The Morgan fingerprint density at radius 3 is 2.55 bits per heavy atom. The van der Waals surface area contributed by atoms with Crippen LogP contribution >= 0.6 is 12.4 Å². The van der Waals surface area contributed by atoms with Crippen molar-refractivity contribution in [3.8, 4) is 0 Å². The molecule has 2 heterocycles. The number of hydrogen-bond donors (Lipinski definition) is 2. The van der Waals surface area contributed by atoms with Gasteiger partial charge >= 0.3 is 0 Å². The van der Waals surface area contributed by atoms with Gasteiger partial charge in [-0.2, -0.15) is 0 Å². The Bertz CT molecular complexity index is 581. The highest BCUT2D eigenvalue weighted by Crippen LogP contribution is 2.27. The third-order valence-corrected chi connectivity index (χ3v) is 4.48. The van der Waals surface area contributed by atoms with E-state index in [1.807, 2.05) is 0 Å². The van der Waals surface area contributed by atoms with Gasteiger partial charge in [0, 0.05) is 35.8 Å². The van der Waals surface area contributed by atoms with Crippen molar-refractivity contribution in [2.24, 2.45) is 0 Å². The number of benzene rings is 1. The monoisotopic (exact) mass is 325 g/mol. The number of piperidine rings is 1. The van der Waals surface area contributed by atoms with Crippen LogP contribution in [0.5, 0.6) is 0 Å². The topological polar surface area (TPSA) is 84.3 Å². The van der Waals surface area contributed by atoms with Crippen LogP contribution in [0.15, 0.2) is 18.2 Å². The lowest BCUT2D eigenvalue weighted by Gasteiger charge is -2.29. The fourth-order valence-electron chi connectivity index (χ4n) is 3.41. The van der Waals surface area contributed by atoms with Crippen molar-refractivity contribution >= 4 is 24.0 Å². The quantitative estimate of drug-likeness (QED) is 0.660. The molecule has 7 heteroatoms. The lowest BCUT2D eigenvalue weighted by molar-refractivity contribution is -0.384. The number of non-ortho nitro benzene ring substituents is 1. The van der Waals surface area contributed by atoms with Crippen LogP contribution in [-0.2, 0) is 0 Å². The molecular formula is C15H20ClN3O3. The minimum atomic E-state index is -0.471. The molecule has 0 aliphatic carbocycles. The molecule has 0 saturated carbocycles. The van der Waals surface area contributed by atoms with E-state index in [1.165, 1.54) is 25.0 Å². The molecule has 3 rings (SSSR count). The Morgan fingerprint density at radius 1 is 1.32 bits per heavy atom. The smallest absolute Gasteiger partial charge is 0.270 e. The molecule has 2 aliphatic rings. The molecule has 2 fully saturated rings. The zero-order valence-electron chi connectivity index (χ0n) is 12.4. The number of nitrogens with one attached hydrogen (secondary N) is 2. The summed E-state index contributed by atoms with van der Waals surface area (Å²) in [6.45, 7) is 1.80. The molecule has 2 N–H and O–H groups in total. The zero-order chi connectivity index (χ0) is 15.0. The van der Waals surface area contributed by atoms with Crippen LogP contribution in [-0.4, -0.2) is 29.0 Å². The standard InChI is InChI=1S/C15H19N3O3.ClH/c1-9-2-5-13(18(20)21)8-14(9)15(19)17-12-6-10-3-4-11(7-12)16-10;/h2,5,8,10-12,16H,3-4,6-7H2,1H3,(H,17,19);1H. The number of nitro groups is 1. The largest absolute Gasteiger partial charge is 0.349 e. The first-order valence-electron chi connectivity index (χ1n) is 7.35. The van der Waals surface area contributed by atoms with E-state index in [0.29, 0.717) is 17.6 Å². The molecule has 2 atom stereocenters. The van der Waals surface area contributed by atoms with E-state index in [1.54, 1.807) is 13.0 Å². The van der Waals surface area contributed by atoms with E-state index in [4.69, 9.17) is 0 Å². The minimum Gasteiger partial charge on any atom is -0.349 e.